The van der Waals surface area contributed by atoms with Crippen molar-refractivity contribution in [3.63, 3.8) is 0 Å². The van der Waals surface area contributed by atoms with Crippen LogP contribution in [0.3, 0.4) is 0 Å². The van der Waals surface area contributed by atoms with Crippen LogP contribution in [0.15, 0.2) is 35.1 Å². The minimum absolute atomic E-state index is 0.0638. The summed E-state index contributed by atoms with van der Waals surface area (Å²) in [5.41, 5.74) is 7.61. The highest BCUT2D eigenvalue weighted by molar-refractivity contribution is 7.51. The minimum atomic E-state index is -4.27. The van der Waals surface area contributed by atoms with Gasteiger partial charge in [-0.25, -0.2) is 0 Å². The molecule has 2 aromatic rings. The molecule has 0 amide bonds. The SMILES string of the molecule is CCCCCCCCCCCCCCCCOC(CC)n1c(N)nc2c(c1=O)N(Cc1ccccc1)CN2CCOCP(=O)(O)O. The van der Waals surface area contributed by atoms with E-state index in [1.165, 1.54) is 81.6 Å². The number of ether oxygens (including phenoxy) is 2. The first kappa shape index (κ1) is 38.0. The number of fused-ring (bicyclic) bond motifs is 1. The van der Waals surface area contributed by atoms with E-state index in [9.17, 15) is 9.36 Å². The molecular weight excluding hydrogens is 605 g/mol. The third-order valence-electron chi connectivity index (χ3n) is 8.48. The van der Waals surface area contributed by atoms with Gasteiger partial charge >= 0.3 is 7.60 Å². The molecule has 46 heavy (non-hydrogen) atoms. The quantitative estimate of drug-likeness (QED) is 0.0739. The van der Waals surface area contributed by atoms with Crippen molar-refractivity contribution in [1.82, 2.24) is 9.55 Å². The molecular formula is C34H58N5O6P. The van der Waals surface area contributed by atoms with E-state index in [0.717, 1.165) is 18.4 Å². The van der Waals surface area contributed by atoms with Gasteiger partial charge in [-0.1, -0.05) is 128 Å². The highest BCUT2D eigenvalue weighted by atomic mass is 31.2. The van der Waals surface area contributed by atoms with Crippen molar-refractivity contribution in [2.45, 2.75) is 123 Å². The molecule has 0 bridgehead atoms. The number of hydrogen-bond acceptors (Lipinski definition) is 8. The third-order valence-corrected chi connectivity index (χ3v) is 9.00. The number of anilines is 3. The van der Waals surface area contributed by atoms with Crippen LogP contribution in [0.4, 0.5) is 17.5 Å². The summed E-state index contributed by atoms with van der Waals surface area (Å²) in [6, 6.07) is 9.87. The van der Waals surface area contributed by atoms with Crippen molar-refractivity contribution in [2.75, 3.05) is 48.3 Å². The molecule has 1 aliphatic heterocycles. The molecule has 1 atom stereocenters. The molecule has 1 unspecified atom stereocenters. The number of rotatable bonds is 25. The number of nitrogen functional groups attached to an aromatic ring is 1. The lowest BCUT2D eigenvalue weighted by atomic mass is 10.0. The Bertz CT molecular complexity index is 1240. The molecule has 260 valence electrons. The van der Waals surface area contributed by atoms with Crippen LogP contribution in [0, 0.1) is 0 Å². The van der Waals surface area contributed by atoms with Crippen LogP contribution in [0.5, 0.6) is 0 Å². The fraction of sp³-hybridized carbons (Fsp3) is 0.706. The summed E-state index contributed by atoms with van der Waals surface area (Å²) in [4.78, 5) is 40.7. The Morgan fingerprint density at radius 2 is 1.46 bits per heavy atom. The van der Waals surface area contributed by atoms with Gasteiger partial charge in [-0.3, -0.25) is 13.9 Å². The smallest absolute Gasteiger partial charge is 0.350 e. The number of aromatic nitrogens is 2. The second kappa shape index (κ2) is 20.7. The van der Waals surface area contributed by atoms with Crippen molar-refractivity contribution in [2.24, 2.45) is 0 Å². The Labute approximate surface area is 275 Å². The minimum Gasteiger partial charge on any atom is -0.369 e. The molecule has 4 N–H and O–H groups in total. The van der Waals surface area contributed by atoms with Crippen LogP contribution in [0.25, 0.3) is 0 Å². The normalized spacial score (nSPS) is 13.8. The maximum atomic E-state index is 14.0. The van der Waals surface area contributed by atoms with Crippen LogP contribution in [0.2, 0.25) is 0 Å². The molecule has 2 heterocycles. The summed E-state index contributed by atoms with van der Waals surface area (Å²) in [7, 11) is -4.27. The van der Waals surface area contributed by atoms with E-state index in [1.807, 2.05) is 47.1 Å². The zero-order valence-electron chi connectivity index (χ0n) is 28.2. The second-order valence-electron chi connectivity index (χ2n) is 12.4. The summed E-state index contributed by atoms with van der Waals surface area (Å²) in [6.45, 7) is 6.00. The molecule has 12 heteroatoms. The molecule has 0 aliphatic carbocycles. The molecule has 1 aromatic carbocycles. The van der Waals surface area contributed by atoms with Crippen molar-refractivity contribution < 1.29 is 23.8 Å². The second-order valence-corrected chi connectivity index (χ2v) is 14.0. The topological polar surface area (TPSA) is 143 Å². The number of unbranched alkanes of at least 4 members (excludes halogenated alkanes) is 13. The van der Waals surface area contributed by atoms with Crippen LogP contribution >= 0.6 is 7.60 Å². The van der Waals surface area contributed by atoms with Gasteiger partial charge in [-0.2, -0.15) is 4.98 Å². The number of nitrogens with two attached hydrogens (primary N) is 1. The van der Waals surface area contributed by atoms with Crippen molar-refractivity contribution >= 4 is 25.0 Å². The summed E-state index contributed by atoms with van der Waals surface area (Å²) < 4.78 is 24.1. The Balaban J connectivity index is 1.51. The van der Waals surface area contributed by atoms with Gasteiger partial charge in [-0.05, 0) is 18.4 Å². The van der Waals surface area contributed by atoms with E-state index < -0.39 is 20.2 Å². The standard InChI is InChI=1S/C34H58N5O6P/c1-3-5-6-7-8-9-10-11-12-13-14-15-16-20-24-45-30(4-2)39-33(40)31-32(36-34(39)35)37(23-25-44-28-46(41,42)43)27-38(31)26-29-21-18-17-19-22-29/h17-19,21-22,30H,3-16,20,23-28H2,1-2H3,(H2,35,36)(H2,41,42,43). The molecule has 0 saturated carbocycles. The van der Waals surface area contributed by atoms with E-state index in [0.29, 0.717) is 44.3 Å². The molecule has 0 radical (unpaired) electrons. The van der Waals surface area contributed by atoms with Crippen LogP contribution in [-0.4, -0.2) is 52.1 Å². The maximum Gasteiger partial charge on any atom is 0.350 e. The van der Waals surface area contributed by atoms with Gasteiger partial charge in [0.2, 0.25) is 5.95 Å². The van der Waals surface area contributed by atoms with E-state index in [4.69, 9.17) is 25.0 Å². The monoisotopic (exact) mass is 663 g/mol. The lowest BCUT2D eigenvalue weighted by Crippen LogP contribution is -2.35. The summed E-state index contributed by atoms with van der Waals surface area (Å²) >= 11 is 0. The van der Waals surface area contributed by atoms with Gasteiger partial charge in [0.1, 0.15) is 18.3 Å². The van der Waals surface area contributed by atoms with E-state index in [-0.39, 0.29) is 18.1 Å². The van der Waals surface area contributed by atoms with E-state index in [1.54, 1.807) is 0 Å². The van der Waals surface area contributed by atoms with Gasteiger partial charge in [0, 0.05) is 19.7 Å². The van der Waals surface area contributed by atoms with Gasteiger partial charge in [-0.15, -0.1) is 0 Å². The van der Waals surface area contributed by atoms with Gasteiger partial charge in [0.05, 0.1) is 13.3 Å². The fourth-order valence-corrected chi connectivity index (χ4v) is 6.37. The van der Waals surface area contributed by atoms with E-state index in [2.05, 4.69) is 11.9 Å². The first-order valence-electron chi connectivity index (χ1n) is 17.4. The first-order chi connectivity index (χ1) is 22.2. The van der Waals surface area contributed by atoms with Crippen molar-refractivity contribution in [1.29, 1.82) is 0 Å². The van der Waals surface area contributed by atoms with Gasteiger partial charge in [0.25, 0.3) is 5.56 Å². The number of benzene rings is 1. The molecule has 3 rings (SSSR count). The molecule has 0 saturated heterocycles. The molecule has 1 aliphatic rings. The lowest BCUT2D eigenvalue weighted by Gasteiger charge is -2.23. The zero-order chi connectivity index (χ0) is 33.2. The van der Waals surface area contributed by atoms with Gasteiger partial charge < -0.3 is 34.8 Å². The Morgan fingerprint density at radius 3 is 2.02 bits per heavy atom. The van der Waals surface area contributed by atoms with Crippen LogP contribution in [-0.2, 0) is 20.6 Å². The highest BCUT2D eigenvalue weighted by Gasteiger charge is 2.33. The van der Waals surface area contributed by atoms with Crippen molar-refractivity contribution in [3.8, 4) is 0 Å². The summed E-state index contributed by atoms with van der Waals surface area (Å²) in [5, 5.41) is 0. The van der Waals surface area contributed by atoms with Crippen LogP contribution in [0.1, 0.15) is 122 Å². The summed E-state index contributed by atoms with van der Waals surface area (Å²) in [6.07, 6.45) is 17.5. The fourth-order valence-electron chi connectivity index (χ4n) is 6.01. The largest absolute Gasteiger partial charge is 0.369 e. The number of hydrogen-bond donors (Lipinski definition) is 3. The van der Waals surface area contributed by atoms with E-state index >= 15 is 0 Å². The highest BCUT2D eigenvalue weighted by Crippen LogP contribution is 2.35. The third kappa shape index (κ3) is 13.0. The summed E-state index contributed by atoms with van der Waals surface area (Å²) in [5.74, 6) is 0.524. The molecule has 1 aromatic heterocycles. The maximum absolute atomic E-state index is 14.0. The average molecular weight is 664 g/mol. The Kier molecular flexibility index (Phi) is 17.1. The van der Waals surface area contributed by atoms with Gasteiger partial charge in [0.15, 0.2) is 5.82 Å². The average Bonchev–Trinajstić information content (AvgIpc) is 3.36. The predicted octanol–water partition coefficient (Wildman–Crippen LogP) is 7.17. The van der Waals surface area contributed by atoms with Crippen molar-refractivity contribution in [3.05, 3.63) is 46.2 Å². The number of nitrogens with zero attached hydrogens (tertiary/aromatic N) is 4. The molecule has 0 fully saturated rings. The predicted molar refractivity (Wildman–Crippen MR) is 186 cm³/mol. The molecule has 11 nitrogen and oxygen atoms in total. The lowest BCUT2D eigenvalue weighted by molar-refractivity contribution is -0.00331. The Morgan fingerprint density at radius 1 is 0.870 bits per heavy atom. The Hall–Kier alpha value is -2.43. The molecule has 0 spiro atoms. The first-order valence-corrected chi connectivity index (χ1v) is 19.2. The zero-order valence-corrected chi connectivity index (χ0v) is 29.0. The van der Waals surface area contributed by atoms with Crippen LogP contribution < -0.4 is 21.1 Å².